The number of anilines is 1. The number of hydrogen-bond acceptors (Lipinski definition) is 4. The zero-order chi connectivity index (χ0) is 19.5. The highest BCUT2D eigenvalue weighted by molar-refractivity contribution is 9.10. The van der Waals surface area contributed by atoms with E-state index in [4.69, 9.17) is 4.74 Å². The molecule has 0 heterocycles. The molecule has 0 atom stereocenters. The molecule has 0 aliphatic rings. The predicted octanol–water partition coefficient (Wildman–Crippen LogP) is 4.98. The number of amides is 1. The number of non-ortho nitro benzene ring substituents is 1. The predicted molar refractivity (Wildman–Crippen MR) is 105 cm³/mol. The van der Waals surface area contributed by atoms with Gasteiger partial charge in [0.2, 0.25) is 0 Å². The van der Waals surface area contributed by atoms with Crippen LogP contribution in [0, 0.1) is 17.0 Å². The van der Waals surface area contributed by atoms with Crippen molar-refractivity contribution in [2.24, 2.45) is 0 Å². The fraction of sp³-hybridized carbons (Fsp3) is 0.316. The fourth-order valence-corrected chi connectivity index (χ4v) is 2.80. The topological polar surface area (TPSA) is 81.5 Å². The van der Waals surface area contributed by atoms with Crippen molar-refractivity contribution in [3.8, 4) is 5.75 Å². The summed E-state index contributed by atoms with van der Waals surface area (Å²) >= 11 is 3.48. The van der Waals surface area contributed by atoms with E-state index >= 15 is 0 Å². The van der Waals surface area contributed by atoms with Crippen molar-refractivity contribution in [2.45, 2.75) is 33.1 Å². The van der Waals surface area contributed by atoms with Crippen molar-refractivity contribution in [3.63, 3.8) is 0 Å². The second kappa shape index (κ2) is 7.86. The fourth-order valence-electron chi connectivity index (χ4n) is 2.32. The van der Waals surface area contributed by atoms with Crippen LogP contribution in [0.3, 0.4) is 0 Å². The third kappa shape index (κ3) is 5.05. The van der Waals surface area contributed by atoms with Gasteiger partial charge in [-0.1, -0.05) is 26.8 Å². The molecule has 7 heteroatoms. The number of nitrogens with one attached hydrogen (secondary N) is 1. The van der Waals surface area contributed by atoms with E-state index in [2.05, 4.69) is 42.0 Å². The van der Waals surface area contributed by atoms with Crippen LogP contribution in [0.4, 0.5) is 11.4 Å². The van der Waals surface area contributed by atoms with Crippen LogP contribution in [0.5, 0.6) is 5.75 Å². The molecule has 2 rings (SSSR count). The Morgan fingerprint density at radius 2 is 1.92 bits per heavy atom. The van der Waals surface area contributed by atoms with Crippen molar-refractivity contribution in [3.05, 3.63) is 62.1 Å². The number of nitro groups is 1. The molecule has 0 bridgehead atoms. The molecule has 6 nitrogen and oxygen atoms in total. The van der Waals surface area contributed by atoms with Crippen LogP contribution in [0.15, 0.2) is 40.9 Å². The molecule has 0 aliphatic heterocycles. The SMILES string of the molecule is Cc1cc([N+](=O)[O-])ccc1OCC(=O)Nc1ccc(C(C)(C)C)cc1Br. The first-order valence-electron chi connectivity index (χ1n) is 8.05. The Balaban J connectivity index is 2.00. The lowest BCUT2D eigenvalue weighted by Crippen LogP contribution is -2.21. The van der Waals surface area contributed by atoms with E-state index in [1.807, 2.05) is 18.2 Å². The Kier molecular flexibility index (Phi) is 6.02. The van der Waals surface area contributed by atoms with E-state index in [-0.39, 0.29) is 23.6 Å². The number of ether oxygens (including phenoxy) is 1. The van der Waals surface area contributed by atoms with E-state index in [0.29, 0.717) is 17.0 Å². The molecule has 0 saturated heterocycles. The van der Waals surface area contributed by atoms with Crippen LogP contribution in [0.2, 0.25) is 0 Å². The maximum atomic E-state index is 12.1. The first kappa shape index (κ1) is 19.9. The van der Waals surface area contributed by atoms with Crippen LogP contribution in [-0.4, -0.2) is 17.4 Å². The average molecular weight is 421 g/mol. The zero-order valence-corrected chi connectivity index (χ0v) is 16.7. The molecule has 0 aliphatic carbocycles. The summed E-state index contributed by atoms with van der Waals surface area (Å²) in [4.78, 5) is 22.4. The van der Waals surface area contributed by atoms with Gasteiger partial charge in [-0.25, -0.2) is 0 Å². The number of nitro benzene ring substituents is 1. The van der Waals surface area contributed by atoms with Crippen LogP contribution < -0.4 is 10.1 Å². The average Bonchev–Trinajstić information content (AvgIpc) is 2.54. The van der Waals surface area contributed by atoms with E-state index in [1.54, 1.807) is 6.92 Å². The number of halogens is 1. The molecular formula is C19H21BrN2O4. The summed E-state index contributed by atoms with van der Waals surface area (Å²) in [6, 6.07) is 10.1. The maximum Gasteiger partial charge on any atom is 0.269 e. The summed E-state index contributed by atoms with van der Waals surface area (Å²) in [5.74, 6) is 0.125. The number of benzene rings is 2. The van der Waals surface area contributed by atoms with Gasteiger partial charge in [0.05, 0.1) is 10.6 Å². The molecule has 0 saturated carbocycles. The van der Waals surface area contributed by atoms with Crippen molar-refractivity contribution in [2.75, 3.05) is 11.9 Å². The van der Waals surface area contributed by atoms with Crippen LogP contribution in [0.1, 0.15) is 31.9 Å². The lowest BCUT2D eigenvalue weighted by Gasteiger charge is -2.20. The Morgan fingerprint density at radius 1 is 1.23 bits per heavy atom. The Morgan fingerprint density at radius 3 is 2.46 bits per heavy atom. The summed E-state index contributed by atoms with van der Waals surface area (Å²) < 4.78 is 6.27. The van der Waals surface area contributed by atoms with Crippen LogP contribution >= 0.6 is 15.9 Å². The first-order chi connectivity index (χ1) is 12.1. The lowest BCUT2D eigenvalue weighted by atomic mass is 9.87. The molecule has 1 N–H and O–H groups in total. The molecule has 26 heavy (non-hydrogen) atoms. The van der Waals surface area contributed by atoms with Gasteiger partial charge in [-0.2, -0.15) is 0 Å². The van der Waals surface area contributed by atoms with E-state index in [0.717, 1.165) is 10.0 Å². The van der Waals surface area contributed by atoms with Crippen molar-refractivity contribution >= 4 is 33.2 Å². The quantitative estimate of drug-likeness (QED) is 0.545. The largest absolute Gasteiger partial charge is 0.483 e. The second-order valence-corrected chi connectivity index (χ2v) is 7.84. The number of carbonyl (C=O) groups is 1. The van der Waals surface area contributed by atoms with E-state index in [1.165, 1.54) is 18.2 Å². The van der Waals surface area contributed by atoms with Crippen molar-refractivity contribution in [1.82, 2.24) is 0 Å². The summed E-state index contributed by atoms with van der Waals surface area (Å²) in [5.41, 5.74) is 2.42. The summed E-state index contributed by atoms with van der Waals surface area (Å²) in [5, 5.41) is 13.5. The molecule has 0 aromatic heterocycles. The van der Waals surface area contributed by atoms with Gasteiger partial charge in [0.1, 0.15) is 5.75 Å². The lowest BCUT2D eigenvalue weighted by molar-refractivity contribution is -0.384. The van der Waals surface area contributed by atoms with Crippen molar-refractivity contribution < 1.29 is 14.5 Å². The summed E-state index contributed by atoms with van der Waals surface area (Å²) in [7, 11) is 0. The molecule has 0 unspecified atom stereocenters. The minimum absolute atomic E-state index is 0.0119. The van der Waals surface area contributed by atoms with Gasteiger partial charge < -0.3 is 10.1 Å². The standard InChI is InChI=1S/C19H21BrN2O4/c1-12-9-14(22(24)25)6-8-17(12)26-11-18(23)21-16-7-5-13(10-15(16)20)19(2,3)4/h5-10H,11H2,1-4H3,(H,21,23). The number of carbonyl (C=O) groups excluding carboxylic acids is 1. The third-order valence-electron chi connectivity index (χ3n) is 3.84. The highest BCUT2D eigenvalue weighted by Gasteiger charge is 2.16. The second-order valence-electron chi connectivity index (χ2n) is 6.99. The van der Waals surface area contributed by atoms with Crippen LogP contribution in [0.25, 0.3) is 0 Å². The smallest absolute Gasteiger partial charge is 0.269 e. The molecule has 2 aromatic rings. The molecule has 2 aromatic carbocycles. The number of nitrogens with zero attached hydrogens (tertiary/aromatic N) is 1. The van der Waals surface area contributed by atoms with E-state index < -0.39 is 4.92 Å². The Bertz CT molecular complexity index is 844. The van der Waals surface area contributed by atoms with Crippen molar-refractivity contribution in [1.29, 1.82) is 0 Å². The Labute approximate surface area is 160 Å². The van der Waals surface area contributed by atoms with Gasteiger partial charge in [0.15, 0.2) is 6.61 Å². The normalized spacial score (nSPS) is 11.1. The number of hydrogen-bond donors (Lipinski definition) is 1. The van der Waals surface area contributed by atoms with Gasteiger partial charge in [0, 0.05) is 16.6 Å². The summed E-state index contributed by atoms with van der Waals surface area (Å²) in [6.45, 7) is 7.86. The Hall–Kier alpha value is -2.41. The maximum absolute atomic E-state index is 12.1. The number of rotatable bonds is 5. The molecule has 138 valence electrons. The van der Waals surface area contributed by atoms with E-state index in [9.17, 15) is 14.9 Å². The highest BCUT2D eigenvalue weighted by atomic mass is 79.9. The minimum atomic E-state index is -0.470. The van der Waals surface area contributed by atoms with Gasteiger partial charge >= 0.3 is 0 Å². The monoisotopic (exact) mass is 420 g/mol. The zero-order valence-electron chi connectivity index (χ0n) is 15.1. The van der Waals surface area contributed by atoms with Gasteiger partial charge in [-0.15, -0.1) is 0 Å². The van der Waals surface area contributed by atoms with Gasteiger partial charge in [-0.3, -0.25) is 14.9 Å². The molecule has 0 fully saturated rings. The summed E-state index contributed by atoms with van der Waals surface area (Å²) in [6.07, 6.45) is 0. The number of aryl methyl sites for hydroxylation is 1. The minimum Gasteiger partial charge on any atom is -0.483 e. The molecule has 1 amide bonds. The van der Waals surface area contributed by atoms with Gasteiger partial charge in [0.25, 0.3) is 11.6 Å². The molecular weight excluding hydrogens is 400 g/mol. The highest BCUT2D eigenvalue weighted by Crippen LogP contribution is 2.30. The van der Waals surface area contributed by atoms with Gasteiger partial charge in [-0.05, 0) is 57.6 Å². The molecule has 0 radical (unpaired) electrons. The van der Waals surface area contributed by atoms with Crippen LogP contribution in [-0.2, 0) is 10.2 Å². The first-order valence-corrected chi connectivity index (χ1v) is 8.85. The third-order valence-corrected chi connectivity index (χ3v) is 4.49. The molecule has 0 spiro atoms.